The van der Waals surface area contributed by atoms with E-state index < -0.39 is 5.25 Å². The van der Waals surface area contributed by atoms with Gasteiger partial charge in [-0.05, 0) is 61.4 Å². The third-order valence-corrected chi connectivity index (χ3v) is 7.33. The van der Waals surface area contributed by atoms with E-state index in [1.807, 2.05) is 54.8 Å². The maximum Gasteiger partial charge on any atom is 0.220 e. The van der Waals surface area contributed by atoms with Crippen molar-refractivity contribution in [1.29, 1.82) is 0 Å². The van der Waals surface area contributed by atoms with Crippen LogP contribution in [0.15, 0.2) is 65.8 Å². The smallest absolute Gasteiger partial charge is 0.220 e. The first kappa shape index (κ1) is 26.3. The molecule has 4 aromatic rings. The van der Waals surface area contributed by atoms with Gasteiger partial charge in [0.25, 0.3) is 0 Å². The normalized spacial score (nSPS) is 11.9. The number of aromatic nitrogens is 3. The van der Waals surface area contributed by atoms with Gasteiger partial charge in [-0.25, -0.2) is 0 Å². The van der Waals surface area contributed by atoms with Crippen LogP contribution in [0.4, 0.5) is 0 Å². The highest BCUT2D eigenvalue weighted by atomic mass is 35.5. The maximum atomic E-state index is 11.5. The van der Waals surface area contributed by atoms with Crippen molar-refractivity contribution in [2.45, 2.75) is 30.9 Å². The molecule has 0 fully saturated rings. The van der Waals surface area contributed by atoms with Gasteiger partial charge in [-0.2, -0.15) is 0 Å². The number of nitrogens with zero attached hydrogens (tertiary/aromatic N) is 4. The van der Waals surface area contributed by atoms with Crippen molar-refractivity contribution < 1.29 is 9.66 Å². The first-order valence-electron chi connectivity index (χ1n) is 10.8. The summed E-state index contributed by atoms with van der Waals surface area (Å²) in [6.07, 6.45) is 0. The Hall–Kier alpha value is -2.78. The zero-order valence-electron chi connectivity index (χ0n) is 19.3. The number of thioether (sulfide) groups is 1. The Bertz CT molecular complexity index is 1360. The van der Waals surface area contributed by atoms with Gasteiger partial charge < -0.3 is 4.74 Å². The Morgan fingerprint density at radius 1 is 1.00 bits per heavy atom. The van der Waals surface area contributed by atoms with Crippen LogP contribution in [0.3, 0.4) is 0 Å². The third kappa shape index (κ3) is 6.31. The highest BCUT2D eigenvalue weighted by Gasteiger charge is 2.26. The number of rotatable bonds is 9. The van der Waals surface area contributed by atoms with E-state index in [0.717, 1.165) is 16.8 Å². The second-order valence-electron chi connectivity index (χ2n) is 8.05. The second-order valence-corrected chi connectivity index (χ2v) is 10.5. The zero-order valence-corrected chi connectivity index (χ0v) is 22.4. The first-order chi connectivity index (χ1) is 17.2. The van der Waals surface area contributed by atoms with E-state index in [9.17, 15) is 10.1 Å². The van der Waals surface area contributed by atoms with Crippen LogP contribution >= 0.6 is 46.6 Å². The zero-order chi connectivity index (χ0) is 25.8. The molecule has 0 radical (unpaired) electrons. The SMILES string of the molecule is Cc1ccc(COc2c(Cl)cc([C@@H](C[N+](=O)[O-])Sc3nnc(C)n3-c3ccc(Cl)cc3)cc2Cl)cc1. The molecular formula is C25H21Cl3N4O3S. The number of ether oxygens (including phenoxy) is 1. The third-order valence-electron chi connectivity index (χ3n) is 5.34. The molecule has 0 bridgehead atoms. The van der Waals surface area contributed by atoms with Crippen molar-refractivity contribution in [3.8, 4) is 11.4 Å². The van der Waals surface area contributed by atoms with E-state index in [-0.39, 0.29) is 28.1 Å². The number of hydrogen-bond donors (Lipinski definition) is 0. The molecule has 36 heavy (non-hydrogen) atoms. The lowest BCUT2D eigenvalue weighted by Crippen LogP contribution is -2.11. The molecule has 1 atom stereocenters. The predicted octanol–water partition coefficient (Wildman–Crippen LogP) is 7.53. The van der Waals surface area contributed by atoms with E-state index in [0.29, 0.717) is 27.3 Å². The van der Waals surface area contributed by atoms with Gasteiger partial charge in [0.05, 0.1) is 10.0 Å². The van der Waals surface area contributed by atoms with Gasteiger partial charge in [0, 0.05) is 15.6 Å². The molecule has 1 aromatic heterocycles. The lowest BCUT2D eigenvalue weighted by atomic mass is 10.1. The van der Waals surface area contributed by atoms with Crippen molar-refractivity contribution in [1.82, 2.24) is 14.8 Å². The molecule has 0 amide bonds. The highest BCUT2D eigenvalue weighted by molar-refractivity contribution is 7.99. The molecule has 0 N–H and O–H groups in total. The molecule has 186 valence electrons. The van der Waals surface area contributed by atoms with Crippen molar-refractivity contribution in [3.63, 3.8) is 0 Å². The molecule has 0 aliphatic heterocycles. The van der Waals surface area contributed by atoms with Crippen molar-refractivity contribution in [3.05, 3.63) is 108 Å². The summed E-state index contributed by atoms with van der Waals surface area (Å²) in [4.78, 5) is 11.2. The largest absolute Gasteiger partial charge is 0.486 e. The maximum absolute atomic E-state index is 11.5. The fraction of sp³-hybridized carbons (Fsp3) is 0.200. The van der Waals surface area contributed by atoms with Crippen molar-refractivity contribution in [2.24, 2.45) is 0 Å². The number of aryl methyl sites for hydroxylation is 2. The average Bonchev–Trinajstić information content (AvgIpc) is 3.19. The van der Waals surface area contributed by atoms with Crippen molar-refractivity contribution >= 4 is 46.6 Å². The Balaban J connectivity index is 1.61. The fourth-order valence-corrected chi connectivity index (χ4v) is 5.42. The summed E-state index contributed by atoms with van der Waals surface area (Å²) in [5, 5.41) is 21.0. The second kappa shape index (κ2) is 11.5. The Kier molecular flexibility index (Phi) is 8.41. The first-order valence-corrected chi connectivity index (χ1v) is 12.9. The quantitative estimate of drug-likeness (QED) is 0.119. The molecule has 0 saturated carbocycles. The lowest BCUT2D eigenvalue weighted by molar-refractivity contribution is -0.479. The Morgan fingerprint density at radius 3 is 2.25 bits per heavy atom. The fourth-order valence-electron chi connectivity index (χ4n) is 3.52. The van der Waals surface area contributed by atoms with Crippen LogP contribution in [0.25, 0.3) is 5.69 Å². The molecule has 4 rings (SSSR count). The minimum absolute atomic E-state index is 0.272. The van der Waals surface area contributed by atoms with Gasteiger partial charge in [-0.15, -0.1) is 10.2 Å². The van der Waals surface area contributed by atoms with Crippen LogP contribution in [0.5, 0.6) is 5.75 Å². The Labute approximate surface area is 227 Å². The minimum atomic E-state index is -0.629. The van der Waals surface area contributed by atoms with Gasteiger partial charge in [-0.1, -0.05) is 76.4 Å². The van der Waals surface area contributed by atoms with Gasteiger partial charge in [0.15, 0.2) is 10.9 Å². The summed E-state index contributed by atoms with van der Waals surface area (Å²) in [6.45, 7) is 3.74. The summed E-state index contributed by atoms with van der Waals surface area (Å²) >= 11 is 20.3. The highest BCUT2D eigenvalue weighted by Crippen LogP contribution is 2.42. The summed E-state index contributed by atoms with van der Waals surface area (Å²) in [6, 6.07) is 18.4. The van der Waals surface area contributed by atoms with E-state index >= 15 is 0 Å². The molecule has 1 heterocycles. The molecule has 0 unspecified atom stereocenters. The predicted molar refractivity (Wildman–Crippen MR) is 144 cm³/mol. The number of nitro groups is 1. The summed E-state index contributed by atoms with van der Waals surface area (Å²) < 4.78 is 7.69. The van der Waals surface area contributed by atoms with Crippen LogP contribution in [-0.2, 0) is 6.61 Å². The number of benzene rings is 3. The molecule has 0 saturated heterocycles. The molecule has 7 nitrogen and oxygen atoms in total. The number of hydrogen-bond acceptors (Lipinski definition) is 6. The van der Waals surface area contributed by atoms with Crippen molar-refractivity contribution in [2.75, 3.05) is 6.54 Å². The number of halogens is 3. The van der Waals surface area contributed by atoms with Crippen LogP contribution in [0.1, 0.15) is 27.8 Å². The lowest BCUT2D eigenvalue weighted by Gasteiger charge is -2.17. The van der Waals surface area contributed by atoms with Crippen LogP contribution in [-0.4, -0.2) is 26.2 Å². The molecule has 11 heteroatoms. The molecule has 0 aliphatic carbocycles. The standard InChI is InChI=1S/C25H21Cl3N4O3S/c1-15-3-5-17(6-4-15)14-35-24-21(27)11-18(12-22(24)28)23(13-31(33)34)36-25-30-29-16(2)32(25)20-9-7-19(26)8-10-20/h3-12,23H,13-14H2,1-2H3/t23-/m1/s1. The molecule has 0 spiro atoms. The monoisotopic (exact) mass is 562 g/mol. The van der Waals surface area contributed by atoms with Gasteiger partial charge in [0.2, 0.25) is 6.54 Å². The Morgan fingerprint density at radius 2 is 1.64 bits per heavy atom. The van der Waals surface area contributed by atoms with E-state index in [2.05, 4.69) is 10.2 Å². The topological polar surface area (TPSA) is 83.1 Å². The van der Waals surface area contributed by atoms with Crippen LogP contribution in [0.2, 0.25) is 15.1 Å². The summed E-state index contributed by atoms with van der Waals surface area (Å²) in [5.41, 5.74) is 3.49. The van der Waals surface area contributed by atoms with Gasteiger partial charge >= 0.3 is 0 Å². The summed E-state index contributed by atoms with van der Waals surface area (Å²) in [5.74, 6) is 0.961. The minimum Gasteiger partial charge on any atom is -0.486 e. The summed E-state index contributed by atoms with van der Waals surface area (Å²) in [7, 11) is 0. The van der Waals surface area contributed by atoms with E-state index in [4.69, 9.17) is 39.5 Å². The van der Waals surface area contributed by atoms with Gasteiger partial charge in [0.1, 0.15) is 17.7 Å². The van der Waals surface area contributed by atoms with Crippen LogP contribution < -0.4 is 4.74 Å². The van der Waals surface area contributed by atoms with Crippen LogP contribution in [0, 0.1) is 24.0 Å². The van der Waals surface area contributed by atoms with E-state index in [1.165, 1.54) is 11.8 Å². The molecular weight excluding hydrogens is 543 g/mol. The molecule has 3 aromatic carbocycles. The molecule has 0 aliphatic rings. The average molecular weight is 564 g/mol. The van der Waals surface area contributed by atoms with Gasteiger partial charge in [-0.3, -0.25) is 14.7 Å². The van der Waals surface area contributed by atoms with E-state index in [1.54, 1.807) is 24.3 Å².